The van der Waals surface area contributed by atoms with Gasteiger partial charge in [-0.05, 0) is 42.3 Å². The summed E-state index contributed by atoms with van der Waals surface area (Å²) in [6, 6.07) is 26.6. The van der Waals surface area contributed by atoms with Crippen LogP contribution in [0.3, 0.4) is 0 Å². The Balaban J connectivity index is 1.64. The van der Waals surface area contributed by atoms with E-state index in [0.717, 1.165) is 33.7 Å². The van der Waals surface area contributed by atoms with Crippen molar-refractivity contribution in [2.45, 2.75) is 13.5 Å². The number of halogens is 1. The van der Waals surface area contributed by atoms with Crippen LogP contribution in [0.25, 0.3) is 27.8 Å². The van der Waals surface area contributed by atoms with Crippen molar-refractivity contribution in [3.8, 4) is 16.8 Å². The first-order valence-corrected chi connectivity index (χ1v) is 10.5. The minimum Gasteiger partial charge on any atom is -0.365 e. The molecule has 0 atom stereocenters. The van der Waals surface area contributed by atoms with Crippen molar-refractivity contribution in [2.75, 3.05) is 5.32 Å². The maximum atomic E-state index is 6.11. The average molecular weight is 425 g/mol. The number of anilines is 1. The van der Waals surface area contributed by atoms with Crippen molar-refractivity contribution in [2.24, 2.45) is 0 Å². The average Bonchev–Trinajstić information content (AvgIpc) is 3.20. The van der Waals surface area contributed by atoms with E-state index < -0.39 is 0 Å². The van der Waals surface area contributed by atoms with Gasteiger partial charge in [-0.1, -0.05) is 71.8 Å². The number of nitrogens with zero attached hydrogens (tertiary/aromatic N) is 3. The second-order valence-electron chi connectivity index (χ2n) is 7.52. The van der Waals surface area contributed by atoms with Gasteiger partial charge >= 0.3 is 0 Å². The van der Waals surface area contributed by atoms with Crippen molar-refractivity contribution >= 4 is 28.5 Å². The number of rotatable bonds is 5. The Morgan fingerprint density at radius 1 is 0.871 bits per heavy atom. The topological polar surface area (TPSA) is 42.7 Å². The van der Waals surface area contributed by atoms with E-state index in [-0.39, 0.29) is 0 Å². The van der Waals surface area contributed by atoms with Crippen LogP contribution in [-0.4, -0.2) is 14.5 Å². The molecule has 0 spiro atoms. The maximum absolute atomic E-state index is 6.11. The molecule has 5 heteroatoms. The van der Waals surface area contributed by atoms with Crippen LogP contribution in [-0.2, 0) is 6.54 Å². The van der Waals surface area contributed by atoms with E-state index in [9.17, 15) is 0 Å². The summed E-state index contributed by atoms with van der Waals surface area (Å²) >= 11 is 6.11. The molecule has 5 rings (SSSR count). The van der Waals surface area contributed by atoms with Crippen LogP contribution in [0.15, 0.2) is 91.4 Å². The minimum atomic E-state index is 0.687. The van der Waals surface area contributed by atoms with Crippen molar-refractivity contribution in [1.82, 2.24) is 14.5 Å². The zero-order valence-electron chi connectivity index (χ0n) is 17.1. The molecule has 2 heterocycles. The third-order valence-electron chi connectivity index (χ3n) is 5.35. The smallest absolute Gasteiger partial charge is 0.150 e. The van der Waals surface area contributed by atoms with Gasteiger partial charge in [-0.3, -0.25) is 0 Å². The summed E-state index contributed by atoms with van der Waals surface area (Å²) in [6.45, 7) is 2.78. The van der Waals surface area contributed by atoms with Gasteiger partial charge in [0.1, 0.15) is 12.1 Å². The second kappa shape index (κ2) is 8.25. The fourth-order valence-electron chi connectivity index (χ4n) is 3.72. The van der Waals surface area contributed by atoms with Crippen LogP contribution in [0.5, 0.6) is 0 Å². The molecule has 1 N–H and O–H groups in total. The summed E-state index contributed by atoms with van der Waals surface area (Å²) < 4.78 is 2.09. The largest absolute Gasteiger partial charge is 0.365 e. The summed E-state index contributed by atoms with van der Waals surface area (Å²) in [4.78, 5) is 9.22. The highest BCUT2D eigenvalue weighted by Gasteiger charge is 2.17. The highest BCUT2D eigenvalue weighted by molar-refractivity contribution is 6.30. The Kier molecular flexibility index (Phi) is 5.14. The third-order valence-corrected chi connectivity index (χ3v) is 5.61. The third kappa shape index (κ3) is 3.90. The number of nitrogens with one attached hydrogen (secondary N) is 1. The molecule has 0 saturated carbocycles. The van der Waals surface area contributed by atoms with Gasteiger partial charge in [0, 0.05) is 29.0 Å². The molecule has 0 aliphatic carbocycles. The van der Waals surface area contributed by atoms with E-state index in [1.165, 1.54) is 11.1 Å². The first-order valence-electron chi connectivity index (χ1n) is 10.2. The monoisotopic (exact) mass is 424 g/mol. The molecule has 0 radical (unpaired) electrons. The Morgan fingerprint density at radius 3 is 2.35 bits per heavy atom. The Morgan fingerprint density at radius 2 is 1.61 bits per heavy atom. The van der Waals surface area contributed by atoms with E-state index in [4.69, 9.17) is 11.6 Å². The molecule has 31 heavy (non-hydrogen) atoms. The molecule has 152 valence electrons. The summed E-state index contributed by atoms with van der Waals surface area (Å²) in [5.41, 5.74) is 6.50. The highest BCUT2D eigenvalue weighted by atomic mass is 35.5. The fourth-order valence-corrected chi connectivity index (χ4v) is 3.85. The summed E-state index contributed by atoms with van der Waals surface area (Å²) in [5.74, 6) is 0.817. The molecule has 0 aliphatic heterocycles. The highest BCUT2D eigenvalue weighted by Crippen LogP contribution is 2.35. The van der Waals surface area contributed by atoms with Crippen LogP contribution < -0.4 is 5.32 Å². The normalized spacial score (nSPS) is 11.0. The quantitative estimate of drug-likeness (QED) is 0.343. The minimum absolute atomic E-state index is 0.687. The predicted octanol–water partition coefficient (Wildman–Crippen LogP) is 6.66. The number of fused-ring (bicyclic) bond motifs is 1. The molecular weight excluding hydrogens is 404 g/mol. The number of benzene rings is 3. The number of aryl methyl sites for hydroxylation is 1. The predicted molar refractivity (Wildman–Crippen MR) is 128 cm³/mol. The van der Waals surface area contributed by atoms with E-state index in [1.807, 2.05) is 42.5 Å². The molecule has 0 fully saturated rings. The summed E-state index contributed by atoms with van der Waals surface area (Å²) in [7, 11) is 0. The van der Waals surface area contributed by atoms with Crippen LogP contribution in [0.2, 0.25) is 5.02 Å². The number of hydrogen-bond acceptors (Lipinski definition) is 3. The van der Waals surface area contributed by atoms with Crippen molar-refractivity contribution in [3.05, 3.63) is 108 Å². The second-order valence-corrected chi connectivity index (χ2v) is 7.95. The zero-order chi connectivity index (χ0) is 21.2. The number of hydrogen-bond donors (Lipinski definition) is 1. The van der Waals surface area contributed by atoms with E-state index in [1.54, 1.807) is 6.33 Å². The molecule has 3 aromatic carbocycles. The maximum Gasteiger partial charge on any atom is 0.150 e. The molecule has 5 aromatic rings. The van der Waals surface area contributed by atoms with Gasteiger partial charge in [0.25, 0.3) is 0 Å². The molecule has 0 unspecified atom stereocenters. The standard InChI is InChI=1S/C26H21ClN4/c1-18-7-9-19(10-8-18)15-28-25-24-23(20-5-3-2-4-6-20)16-31(26(24)30-17-29-25)22-13-11-21(27)12-14-22/h2-14,16-17H,15H2,1H3,(H,28,29,30). The van der Waals surface area contributed by atoms with Crippen molar-refractivity contribution in [3.63, 3.8) is 0 Å². The number of aromatic nitrogens is 3. The Hall–Kier alpha value is -3.63. The van der Waals surface area contributed by atoms with Gasteiger partial charge in [-0.2, -0.15) is 0 Å². The molecule has 0 aliphatic rings. The molecule has 0 bridgehead atoms. The van der Waals surface area contributed by atoms with E-state index >= 15 is 0 Å². The molecule has 0 amide bonds. The van der Waals surface area contributed by atoms with Crippen LogP contribution in [0, 0.1) is 6.92 Å². The van der Waals surface area contributed by atoms with Crippen LogP contribution >= 0.6 is 11.6 Å². The Bertz CT molecular complexity index is 1320. The SMILES string of the molecule is Cc1ccc(CNc2ncnc3c2c(-c2ccccc2)cn3-c2ccc(Cl)cc2)cc1. The van der Waals surface area contributed by atoms with Gasteiger partial charge in [0.2, 0.25) is 0 Å². The fraction of sp³-hybridized carbons (Fsp3) is 0.0769. The molecule has 4 nitrogen and oxygen atoms in total. The van der Waals surface area contributed by atoms with Crippen LogP contribution in [0.4, 0.5) is 5.82 Å². The lowest BCUT2D eigenvalue weighted by Crippen LogP contribution is -2.03. The van der Waals surface area contributed by atoms with Crippen molar-refractivity contribution < 1.29 is 0 Å². The molecule has 2 aromatic heterocycles. The van der Waals surface area contributed by atoms with E-state index in [0.29, 0.717) is 11.6 Å². The van der Waals surface area contributed by atoms with Gasteiger partial charge < -0.3 is 9.88 Å². The van der Waals surface area contributed by atoms with Crippen molar-refractivity contribution in [1.29, 1.82) is 0 Å². The first-order chi connectivity index (χ1) is 15.2. The summed E-state index contributed by atoms with van der Waals surface area (Å²) in [5, 5.41) is 5.23. The lowest BCUT2D eigenvalue weighted by Gasteiger charge is -2.09. The summed E-state index contributed by atoms with van der Waals surface area (Å²) in [6.07, 6.45) is 3.73. The zero-order valence-corrected chi connectivity index (χ0v) is 17.8. The Labute approximate surface area is 186 Å². The lowest BCUT2D eigenvalue weighted by atomic mass is 10.1. The van der Waals surface area contributed by atoms with Crippen LogP contribution in [0.1, 0.15) is 11.1 Å². The van der Waals surface area contributed by atoms with Gasteiger partial charge in [-0.25, -0.2) is 9.97 Å². The molecular formula is C26H21ClN4. The first kappa shape index (κ1) is 19.3. The molecule has 0 saturated heterocycles. The van der Waals surface area contributed by atoms with Gasteiger partial charge in [0.15, 0.2) is 5.65 Å². The lowest BCUT2D eigenvalue weighted by molar-refractivity contribution is 1.06. The van der Waals surface area contributed by atoms with Gasteiger partial charge in [0.05, 0.1) is 5.39 Å². The van der Waals surface area contributed by atoms with Gasteiger partial charge in [-0.15, -0.1) is 0 Å². The van der Waals surface area contributed by atoms with E-state index in [2.05, 4.69) is 69.4 Å².